The molecule has 0 N–H and O–H groups in total. The Hall–Kier alpha value is -12.7. The van der Waals surface area contributed by atoms with Gasteiger partial charge in [0.25, 0.3) is 0 Å². The van der Waals surface area contributed by atoms with E-state index in [1.54, 1.807) is 0 Å². The molecule has 1 saturated heterocycles. The van der Waals surface area contributed by atoms with Gasteiger partial charge in [-0.3, -0.25) is 0 Å². The first kappa shape index (κ1) is 66.0. The van der Waals surface area contributed by atoms with E-state index in [0.29, 0.717) is 5.15 Å². The van der Waals surface area contributed by atoms with Crippen molar-refractivity contribution in [3.8, 4) is 78.3 Å². The normalized spacial score (nSPS) is 13.3. The topological polar surface area (TPSA) is 70.5 Å². The summed E-state index contributed by atoms with van der Waals surface area (Å²) in [5.41, 5.74) is 19.3. The number of aromatic nitrogens is 2. The number of pyridine rings is 2. The third-order valence-electron chi connectivity index (χ3n) is 21.9. The minimum atomic E-state index is -0.426. The molecule has 4 aromatic heterocycles. The number of fused-ring (bicyclic) bond motifs is 18. The Morgan fingerprint density at radius 2 is 0.583 bits per heavy atom. The maximum atomic E-state index is 6.53. The Labute approximate surface area is 630 Å². The molecular weight excluding hydrogens is 1340 g/mol. The second kappa shape index (κ2) is 27.0. The molecule has 6 nitrogen and oxygen atoms in total. The van der Waals surface area contributed by atoms with E-state index >= 15 is 0 Å². The lowest BCUT2D eigenvalue weighted by molar-refractivity contribution is 0.00578. The fourth-order valence-electron chi connectivity index (χ4n) is 15.9. The largest absolute Gasteiger partial charge is 0.495 e. The van der Waals surface area contributed by atoms with E-state index in [-0.39, 0.29) is 0 Å². The van der Waals surface area contributed by atoms with Gasteiger partial charge < -0.3 is 18.1 Å². The van der Waals surface area contributed by atoms with Crippen LogP contribution in [-0.4, -0.2) is 28.3 Å². The van der Waals surface area contributed by atoms with Gasteiger partial charge in [0.1, 0.15) is 27.5 Å². The predicted molar refractivity (Wildman–Crippen MR) is 453 cm³/mol. The molecule has 0 unspecified atom stereocenters. The van der Waals surface area contributed by atoms with Gasteiger partial charge in [-0.25, -0.2) is 9.97 Å². The molecule has 1 aliphatic heterocycles. The van der Waals surface area contributed by atoms with Crippen LogP contribution < -0.4 is 5.46 Å². The van der Waals surface area contributed by atoms with E-state index in [2.05, 4.69) is 306 Å². The van der Waals surface area contributed by atoms with Crippen molar-refractivity contribution in [2.24, 2.45) is 0 Å². The van der Waals surface area contributed by atoms with Gasteiger partial charge in [-0.15, -0.1) is 0 Å². The summed E-state index contributed by atoms with van der Waals surface area (Å²) in [5, 5.41) is 19.8. The molecule has 0 atom stereocenters. The molecule has 0 aliphatic carbocycles. The molecule has 21 rings (SSSR count). The van der Waals surface area contributed by atoms with E-state index < -0.39 is 18.3 Å². The number of nitrogens with zero attached hydrogens (tertiary/aromatic N) is 2. The molecule has 20 aromatic rings. The fraction of sp³-hybridized carbons (Fsp3) is 0.0600. The van der Waals surface area contributed by atoms with E-state index in [0.717, 1.165) is 99.8 Å². The van der Waals surface area contributed by atoms with Gasteiger partial charge in [0.05, 0.1) is 28.3 Å². The fourth-order valence-corrected chi connectivity index (χ4v) is 16.1. The first-order valence-corrected chi connectivity index (χ1v) is 37.1. The monoisotopic (exact) mass is 1410 g/mol. The minimum absolute atomic E-state index is 0.400. The van der Waals surface area contributed by atoms with Crippen LogP contribution >= 0.6 is 11.6 Å². The minimum Gasteiger partial charge on any atom is -0.456 e. The summed E-state index contributed by atoms with van der Waals surface area (Å²) in [6.45, 7) is 8.43. The lowest BCUT2D eigenvalue weighted by Gasteiger charge is -2.32. The van der Waals surface area contributed by atoms with Crippen LogP contribution in [0.4, 0.5) is 0 Å². The van der Waals surface area contributed by atoms with Crippen LogP contribution in [0, 0.1) is 0 Å². The molecule has 1 aliphatic rings. The number of halogens is 1. The summed E-state index contributed by atoms with van der Waals surface area (Å²) in [7, 11) is -0.426. The summed E-state index contributed by atoms with van der Waals surface area (Å²) in [6.07, 6.45) is 0. The summed E-state index contributed by atoms with van der Waals surface area (Å²) < 4.78 is 25.3. The Bertz CT molecular complexity index is 6700. The molecule has 0 amide bonds. The number of para-hydroxylation sites is 2. The maximum Gasteiger partial charge on any atom is 0.495 e. The smallest absolute Gasteiger partial charge is 0.456 e. The molecule has 16 aromatic carbocycles. The van der Waals surface area contributed by atoms with Crippen molar-refractivity contribution in [2.75, 3.05) is 0 Å². The van der Waals surface area contributed by atoms with Crippen LogP contribution in [0.3, 0.4) is 0 Å². The molecule has 0 spiro atoms. The summed E-state index contributed by atoms with van der Waals surface area (Å²) in [5.74, 6) is 0. The SMILES string of the molecule is CC1(C)OB(c2cccc3c4ccc(-c5ccc6oc7ccccc7c6c5)cc4c4ccccc4c23)OC1(C)C.Clc1cc(-c2ccccc2)cc(-c2ccccc2)n1.c1ccc(-c2cc(-c3ccccc3)nc(-c3cccc4c5ccc(-c6ccc7oc8ccccc8c7c6)cc5c5ccccc5c34)c2)cc1. The molecular formula is C100H70BClN2O4. The van der Waals surface area contributed by atoms with Gasteiger partial charge in [-0.2, -0.15) is 0 Å². The van der Waals surface area contributed by atoms with E-state index in [4.69, 9.17) is 34.7 Å². The quantitative estimate of drug-likeness (QED) is 0.0858. The molecule has 0 bridgehead atoms. The number of rotatable bonds is 8. The van der Waals surface area contributed by atoms with E-state index in [9.17, 15) is 0 Å². The highest BCUT2D eigenvalue weighted by atomic mass is 35.5. The summed E-state index contributed by atoms with van der Waals surface area (Å²) in [4.78, 5) is 9.72. The van der Waals surface area contributed by atoms with Crippen LogP contribution in [0.1, 0.15) is 27.7 Å². The number of hydrogen-bond acceptors (Lipinski definition) is 6. The Morgan fingerprint density at radius 1 is 0.241 bits per heavy atom. The summed E-state index contributed by atoms with van der Waals surface area (Å²) >= 11 is 6.14. The van der Waals surface area contributed by atoms with Crippen LogP contribution in [0.15, 0.2) is 361 Å². The highest BCUT2D eigenvalue weighted by molar-refractivity contribution is 6.66. The average Bonchev–Trinajstić information content (AvgIpc) is 0.784. The van der Waals surface area contributed by atoms with Crippen molar-refractivity contribution in [1.82, 2.24) is 9.97 Å². The van der Waals surface area contributed by atoms with Crippen molar-refractivity contribution in [1.29, 1.82) is 0 Å². The molecule has 1 fully saturated rings. The van der Waals surface area contributed by atoms with Gasteiger partial charge in [-0.05, 0) is 215 Å². The second-order valence-corrected chi connectivity index (χ2v) is 29.4. The van der Waals surface area contributed by atoms with Gasteiger partial charge in [0.15, 0.2) is 0 Å². The molecule has 514 valence electrons. The third kappa shape index (κ3) is 11.9. The van der Waals surface area contributed by atoms with Crippen molar-refractivity contribution in [3.63, 3.8) is 0 Å². The molecule has 5 heterocycles. The highest BCUT2D eigenvalue weighted by Gasteiger charge is 2.52. The lowest BCUT2D eigenvalue weighted by Crippen LogP contribution is -2.41. The maximum absolute atomic E-state index is 6.53. The van der Waals surface area contributed by atoms with E-state index in [1.165, 1.54) is 92.5 Å². The summed E-state index contributed by atoms with van der Waals surface area (Å²) in [6, 6.07) is 124. The second-order valence-electron chi connectivity index (χ2n) is 29.0. The predicted octanol–water partition coefficient (Wildman–Crippen LogP) is 27.2. The molecule has 8 heteroatoms. The Morgan fingerprint density at radius 3 is 1.06 bits per heavy atom. The third-order valence-corrected chi connectivity index (χ3v) is 22.1. The Kier molecular flexibility index (Phi) is 16.5. The zero-order chi connectivity index (χ0) is 72.6. The van der Waals surface area contributed by atoms with Crippen LogP contribution in [-0.2, 0) is 9.31 Å². The molecule has 108 heavy (non-hydrogen) atoms. The molecule has 0 radical (unpaired) electrons. The van der Waals surface area contributed by atoms with Crippen molar-refractivity contribution < 1.29 is 18.1 Å². The van der Waals surface area contributed by atoms with Crippen LogP contribution in [0.2, 0.25) is 5.15 Å². The van der Waals surface area contributed by atoms with E-state index in [1.807, 2.05) is 78.9 Å². The van der Waals surface area contributed by atoms with Gasteiger partial charge in [0, 0.05) is 38.2 Å². The van der Waals surface area contributed by atoms with Crippen LogP contribution in [0.5, 0.6) is 0 Å². The first-order valence-electron chi connectivity index (χ1n) is 36.8. The first-order chi connectivity index (χ1) is 52.9. The molecule has 0 saturated carbocycles. The average molecular weight is 1410 g/mol. The standard InChI is InChI=1S/C47H29NO.C36H29BO3.C17H12ClN/c1-3-12-30(13-4-1)34-28-43(31-14-5-2-6-15-31)48-44(29-34)40-20-11-19-39-36-24-22-32(26-41(36)35-16-7-8-18-38(35)47(39)40)33-23-25-46-42(27-33)37-17-9-10-21-45(37)49-46;1-35(2)36(3,4)40-37(39-35)31-14-9-13-28-25-18-16-22(20-29(25)24-10-5-6-12-27(24)34(28)31)23-17-19-33-30(21-23)26-11-7-8-15-32(26)38-33;18-17-12-15(13-7-3-1-4-8-13)11-16(19-17)14-9-5-2-6-10-14/h1-29H;5-21H,1-4H3;1-12H. The number of benzene rings is 16. The van der Waals surface area contributed by atoms with Crippen molar-refractivity contribution >= 4 is 133 Å². The van der Waals surface area contributed by atoms with Gasteiger partial charge in [-0.1, -0.05) is 291 Å². The van der Waals surface area contributed by atoms with Gasteiger partial charge >= 0.3 is 7.12 Å². The highest BCUT2D eigenvalue weighted by Crippen LogP contribution is 2.46. The number of hydrogen-bond donors (Lipinski definition) is 0. The van der Waals surface area contributed by atoms with Crippen molar-refractivity contribution in [3.05, 3.63) is 357 Å². The van der Waals surface area contributed by atoms with Crippen molar-refractivity contribution in [2.45, 2.75) is 38.9 Å². The zero-order valence-corrected chi connectivity index (χ0v) is 60.7. The van der Waals surface area contributed by atoms with Crippen LogP contribution in [0.25, 0.3) is 187 Å². The Balaban J connectivity index is 0.000000120. The zero-order valence-electron chi connectivity index (χ0n) is 60.0. The van der Waals surface area contributed by atoms with Gasteiger partial charge in [0.2, 0.25) is 0 Å². The lowest BCUT2D eigenvalue weighted by atomic mass is 9.74. The number of furan rings is 2.